The molecule has 0 radical (unpaired) electrons. The van der Waals surface area contributed by atoms with Gasteiger partial charge in [-0.2, -0.15) is 0 Å². The van der Waals surface area contributed by atoms with E-state index in [2.05, 4.69) is 5.32 Å². The summed E-state index contributed by atoms with van der Waals surface area (Å²) in [5.41, 5.74) is 4.09. The highest BCUT2D eigenvalue weighted by molar-refractivity contribution is 5.83. The Kier molecular flexibility index (Phi) is 5.39. The minimum absolute atomic E-state index is 0.0860. The van der Waals surface area contributed by atoms with Crippen molar-refractivity contribution in [2.75, 3.05) is 6.61 Å². The first-order valence-electron chi connectivity index (χ1n) is 4.88. The lowest BCUT2D eigenvalue weighted by Gasteiger charge is -2.25. The number of nitrogens with two attached hydrogens (primary N) is 1. The van der Waals surface area contributed by atoms with Gasteiger partial charge in [-0.05, 0) is 13.8 Å². The Morgan fingerprint density at radius 3 is 2.24 bits per heavy atom. The lowest BCUT2D eigenvalue weighted by Crippen LogP contribution is -2.54. The molecular weight excluding hydrogens is 230 g/mol. The molecule has 0 heterocycles. The van der Waals surface area contributed by atoms with Gasteiger partial charge in [-0.25, -0.2) is 9.59 Å². The van der Waals surface area contributed by atoms with Crippen LogP contribution in [0.1, 0.15) is 20.3 Å². The van der Waals surface area contributed by atoms with Crippen LogP contribution in [-0.4, -0.2) is 46.3 Å². The predicted molar refractivity (Wildman–Crippen MR) is 58.1 cm³/mol. The van der Waals surface area contributed by atoms with Crippen LogP contribution in [0.25, 0.3) is 0 Å². The van der Waals surface area contributed by atoms with Crippen molar-refractivity contribution in [3.05, 3.63) is 0 Å². The maximum absolute atomic E-state index is 11.4. The van der Waals surface area contributed by atoms with Crippen molar-refractivity contribution in [1.82, 2.24) is 10.6 Å². The molecule has 0 aromatic carbocycles. The number of amides is 3. The van der Waals surface area contributed by atoms with E-state index in [1.807, 2.05) is 5.32 Å². The van der Waals surface area contributed by atoms with Crippen molar-refractivity contribution in [2.24, 2.45) is 5.73 Å². The fourth-order valence-electron chi connectivity index (χ4n) is 1.17. The number of nitrogens with one attached hydrogen (secondary N) is 2. The minimum Gasteiger partial charge on any atom is -0.480 e. The van der Waals surface area contributed by atoms with E-state index in [4.69, 9.17) is 15.9 Å². The standard InChI is InChI=1S/C9H17N3O5/c1-9(2,3-6(10)14)12-8(17)11-5(4-13)7(15)16/h5,13H,3-4H2,1-2H3,(H2,10,14)(H,15,16)(H2,11,12,17)/t5-/m0/s1. The van der Waals surface area contributed by atoms with Crippen molar-refractivity contribution >= 4 is 17.9 Å². The van der Waals surface area contributed by atoms with E-state index in [9.17, 15) is 14.4 Å². The van der Waals surface area contributed by atoms with Crippen LogP contribution in [-0.2, 0) is 9.59 Å². The van der Waals surface area contributed by atoms with Gasteiger partial charge in [0.15, 0.2) is 6.04 Å². The molecule has 0 aliphatic carbocycles. The fraction of sp³-hybridized carbons (Fsp3) is 0.667. The molecule has 0 aromatic rings. The third-order valence-corrected chi connectivity index (χ3v) is 1.85. The molecule has 1 atom stereocenters. The summed E-state index contributed by atoms with van der Waals surface area (Å²) >= 11 is 0. The molecule has 17 heavy (non-hydrogen) atoms. The molecule has 0 aromatic heterocycles. The van der Waals surface area contributed by atoms with Gasteiger partial charge in [-0.15, -0.1) is 0 Å². The zero-order chi connectivity index (χ0) is 13.6. The molecule has 3 amide bonds. The predicted octanol–water partition coefficient (Wildman–Crippen LogP) is -1.61. The molecule has 98 valence electrons. The lowest BCUT2D eigenvalue weighted by atomic mass is 10.0. The summed E-state index contributed by atoms with van der Waals surface area (Å²) in [6.45, 7) is 2.40. The molecule has 0 rings (SSSR count). The molecule has 0 fully saturated rings. The quantitative estimate of drug-likeness (QED) is 0.383. The van der Waals surface area contributed by atoms with Crippen LogP contribution in [0.3, 0.4) is 0 Å². The number of urea groups is 1. The molecule has 0 aliphatic heterocycles. The van der Waals surface area contributed by atoms with Crippen LogP contribution in [0.5, 0.6) is 0 Å². The van der Waals surface area contributed by atoms with E-state index in [-0.39, 0.29) is 6.42 Å². The second kappa shape index (κ2) is 6.04. The number of carbonyl (C=O) groups excluding carboxylic acids is 2. The van der Waals surface area contributed by atoms with E-state index >= 15 is 0 Å². The Morgan fingerprint density at radius 1 is 1.35 bits per heavy atom. The van der Waals surface area contributed by atoms with Crippen LogP contribution in [0.2, 0.25) is 0 Å². The SMILES string of the molecule is CC(C)(CC(N)=O)NC(=O)N[C@@H](CO)C(=O)O. The van der Waals surface area contributed by atoms with Gasteiger partial charge in [-0.3, -0.25) is 4.79 Å². The van der Waals surface area contributed by atoms with Gasteiger partial charge >= 0.3 is 12.0 Å². The van der Waals surface area contributed by atoms with Crippen LogP contribution in [0.15, 0.2) is 0 Å². The number of rotatable bonds is 6. The Bertz CT molecular complexity index is 316. The normalized spacial score (nSPS) is 12.6. The molecule has 6 N–H and O–H groups in total. The minimum atomic E-state index is -1.39. The van der Waals surface area contributed by atoms with Crippen LogP contribution < -0.4 is 16.4 Å². The van der Waals surface area contributed by atoms with Gasteiger partial charge in [0.1, 0.15) is 0 Å². The van der Waals surface area contributed by atoms with E-state index in [0.29, 0.717) is 0 Å². The summed E-state index contributed by atoms with van der Waals surface area (Å²) in [5, 5.41) is 21.7. The van der Waals surface area contributed by atoms with Crippen molar-refractivity contribution in [1.29, 1.82) is 0 Å². The average molecular weight is 247 g/mol. The second-order valence-corrected chi connectivity index (χ2v) is 4.20. The van der Waals surface area contributed by atoms with Gasteiger partial charge in [0, 0.05) is 12.0 Å². The van der Waals surface area contributed by atoms with E-state index in [1.165, 1.54) is 0 Å². The maximum Gasteiger partial charge on any atom is 0.328 e. The number of carboxylic acid groups (broad SMARTS) is 1. The molecule has 0 saturated carbocycles. The number of aliphatic hydroxyl groups excluding tert-OH is 1. The van der Waals surface area contributed by atoms with Crippen molar-refractivity contribution in [3.8, 4) is 0 Å². The second-order valence-electron chi connectivity index (χ2n) is 4.20. The van der Waals surface area contributed by atoms with Gasteiger partial charge in [-0.1, -0.05) is 0 Å². The summed E-state index contributed by atoms with van der Waals surface area (Å²) in [7, 11) is 0. The van der Waals surface area contributed by atoms with Crippen LogP contribution in [0.4, 0.5) is 4.79 Å². The summed E-state index contributed by atoms with van der Waals surface area (Å²) in [5.74, 6) is -1.94. The summed E-state index contributed by atoms with van der Waals surface area (Å²) in [4.78, 5) is 32.6. The summed E-state index contributed by atoms with van der Waals surface area (Å²) in [6.07, 6.45) is -0.0860. The van der Waals surface area contributed by atoms with Crippen LogP contribution >= 0.6 is 0 Å². The van der Waals surface area contributed by atoms with Crippen molar-refractivity contribution < 1.29 is 24.6 Å². The van der Waals surface area contributed by atoms with Gasteiger partial charge in [0.25, 0.3) is 0 Å². The first-order chi connectivity index (χ1) is 7.68. The molecule has 0 saturated heterocycles. The van der Waals surface area contributed by atoms with Gasteiger partial charge in [0.2, 0.25) is 5.91 Å². The van der Waals surface area contributed by atoms with Crippen LogP contribution in [0, 0.1) is 0 Å². The number of carbonyl (C=O) groups is 3. The molecule has 8 nitrogen and oxygen atoms in total. The number of hydrogen-bond donors (Lipinski definition) is 5. The maximum atomic E-state index is 11.4. The zero-order valence-electron chi connectivity index (χ0n) is 9.69. The monoisotopic (exact) mass is 247 g/mol. The molecule has 0 unspecified atom stereocenters. The van der Waals surface area contributed by atoms with Crippen molar-refractivity contribution in [3.63, 3.8) is 0 Å². The van der Waals surface area contributed by atoms with E-state index in [1.54, 1.807) is 13.8 Å². The molecule has 0 bridgehead atoms. The Labute approximate surface area is 98.2 Å². The van der Waals surface area contributed by atoms with E-state index in [0.717, 1.165) is 0 Å². The number of hydrogen-bond acceptors (Lipinski definition) is 4. The Hall–Kier alpha value is -1.83. The Balaban J connectivity index is 4.34. The summed E-state index contributed by atoms with van der Waals surface area (Å²) in [6, 6.07) is -2.18. The Morgan fingerprint density at radius 2 is 1.88 bits per heavy atom. The fourth-order valence-corrected chi connectivity index (χ4v) is 1.17. The third kappa shape index (κ3) is 6.36. The number of aliphatic hydroxyl groups is 1. The molecular formula is C9H17N3O5. The topological polar surface area (TPSA) is 142 Å². The highest BCUT2D eigenvalue weighted by Gasteiger charge is 2.25. The first kappa shape index (κ1) is 15.2. The lowest BCUT2D eigenvalue weighted by molar-refractivity contribution is -0.140. The first-order valence-corrected chi connectivity index (χ1v) is 4.88. The average Bonchev–Trinajstić information content (AvgIpc) is 2.10. The van der Waals surface area contributed by atoms with Crippen molar-refractivity contribution in [2.45, 2.75) is 31.8 Å². The molecule has 8 heteroatoms. The molecule has 0 spiro atoms. The van der Waals surface area contributed by atoms with Gasteiger partial charge in [0.05, 0.1) is 6.61 Å². The van der Waals surface area contributed by atoms with E-state index < -0.39 is 36.1 Å². The molecule has 0 aliphatic rings. The highest BCUT2D eigenvalue weighted by Crippen LogP contribution is 2.06. The zero-order valence-corrected chi connectivity index (χ0v) is 9.69. The highest BCUT2D eigenvalue weighted by atomic mass is 16.4. The number of aliphatic carboxylic acids is 1. The third-order valence-electron chi connectivity index (χ3n) is 1.85. The number of primary amides is 1. The number of carboxylic acids is 1. The largest absolute Gasteiger partial charge is 0.480 e. The van der Waals surface area contributed by atoms with Gasteiger partial charge < -0.3 is 26.6 Å². The summed E-state index contributed by atoms with van der Waals surface area (Å²) < 4.78 is 0. The smallest absolute Gasteiger partial charge is 0.328 e.